The van der Waals surface area contributed by atoms with E-state index in [4.69, 9.17) is 28.9 Å². The highest BCUT2D eigenvalue weighted by Crippen LogP contribution is 2.26. The average Bonchev–Trinajstić information content (AvgIpc) is 2.97. The fourth-order valence-corrected chi connectivity index (χ4v) is 3.90. The molecule has 0 saturated heterocycles. The van der Waals surface area contributed by atoms with Gasteiger partial charge in [-0.1, -0.05) is 47.5 Å². The Balaban J connectivity index is 1.67. The number of hydrogen-bond donors (Lipinski definition) is 2. The van der Waals surface area contributed by atoms with Crippen LogP contribution >= 0.6 is 34.5 Å². The van der Waals surface area contributed by atoms with E-state index >= 15 is 0 Å². The standard InChI is InChI=1S/C18H18Cl2N2S/c19-16-6-5-12(7-17(16)20)10-22-14(9-21)8-13-11-23-18-4-2-1-3-15(13)18/h1-7,11,14,22H,8-10,21H2. The van der Waals surface area contributed by atoms with Gasteiger partial charge in [-0.2, -0.15) is 0 Å². The van der Waals surface area contributed by atoms with Crippen LogP contribution in [0.2, 0.25) is 10.0 Å². The summed E-state index contributed by atoms with van der Waals surface area (Å²) in [6, 6.07) is 14.4. The quantitative estimate of drug-likeness (QED) is 0.654. The van der Waals surface area contributed by atoms with Crippen LogP contribution in [0.4, 0.5) is 0 Å². The van der Waals surface area contributed by atoms with Gasteiger partial charge in [0.1, 0.15) is 0 Å². The van der Waals surface area contributed by atoms with Crippen LogP contribution in [0.3, 0.4) is 0 Å². The van der Waals surface area contributed by atoms with Crippen LogP contribution in [0.25, 0.3) is 10.1 Å². The van der Waals surface area contributed by atoms with Crippen molar-refractivity contribution in [2.75, 3.05) is 6.54 Å². The van der Waals surface area contributed by atoms with Gasteiger partial charge in [0, 0.05) is 23.8 Å². The topological polar surface area (TPSA) is 38.0 Å². The molecule has 0 saturated carbocycles. The fourth-order valence-electron chi connectivity index (χ4n) is 2.61. The lowest BCUT2D eigenvalue weighted by Gasteiger charge is -2.17. The Kier molecular flexibility index (Phi) is 5.57. The predicted octanol–water partition coefficient (Wildman–Crippen LogP) is 4.87. The van der Waals surface area contributed by atoms with Gasteiger partial charge in [0.15, 0.2) is 0 Å². The summed E-state index contributed by atoms with van der Waals surface area (Å²) in [5, 5.41) is 8.23. The molecule has 2 nitrogen and oxygen atoms in total. The molecule has 0 aliphatic heterocycles. The maximum absolute atomic E-state index is 6.06. The molecule has 5 heteroatoms. The summed E-state index contributed by atoms with van der Waals surface area (Å²) in [5.74, 6) is 0. The molecule has 0 radical (unpaired) electrons. The first-order valence-electron chi connectivity index (χ1n) is 7.50. The molecule has 1 heterocycles. The molecule has 23 heavy (non-hydrogen) atoms. The van der Waals surface area contributed by atoms with Crippen LogP contribution < -0.4 is 11.1 Å². The summed E-state index contributed by atoms with van der Waals surface area (Å²) in [4.78, 5) is 0. The van der Waals surface area contributed by atoms with Crippen molar-refractivity contribution < 1.29 is 0 Å². The van der Waals surface area contributed by atoms with Gasteiger partial charge in [-0.3, -0.25) is 0 Å². The summed E-state index contributed by atoms with van der Waals surface area (Å²) >= 11 is 13.8. The first kappa shape index (κ1) is 16.7. The monoisotopic (exact) mass is 364 g/mol. The van der Waals surface area contributed by atoms with Crippen molar-refractivity contribution in [2.45, 2.75) is 19.0 Å². The van der Waals surface area contributed by atoms with Crippen molar-refractivity contribution in [2.24, 2.45) is 5.73 Å². The number of benzene rings is 2. The van der Waals surface area contributed by atoms with Crippen molar-refractivity contribution in [3.63, 3.8) is 0 Å². The third-order valence-corrected chi connectivity index (χ3v) is 5.64. The number of nitrogens with two attached hydrogens (primary N) is 1. The first-order chi connectivity index (χ1) is 11.2. The smallest absolute Gasteiger partial charge is 0.0595 e. The maximum Gasteiger partial charge on any atom is 0.0595 e. The lowest BCUT2D eigenvalue weighted by molar-refractivity contribution is 0.517. The molecule has 1 unspecified atom stereocenters. The summed E-state index contributed by atoms with van der Waals surface area (Å²) in [6.45, 7) is 1.31. The molecule has 0 amide bonds. The van der Waals surface area contributed by atoms with E-state index in [9.17, 15) is 0 Å². The molecule has 3 aromatic rings. The molecular weight excluding hydrogens is 347 g/mol. The molecule has 3 rings (SSSR count). The lowest BCUT2D eigenvalue weighted by Crippen LogP contribution is -2.37. The zero-order valence-corrected chi connectivity index (χ0v) is 14.9. The van der Waals surface area contributed by atoms with E-state index in [0.717, 1.165) is 18.5 Å². The second-order valence-corrected chi connectivity index (χ2v) is 7.25. The largest absolute Gasteiger partial charge is 0.329 e. The molecule has 1 atom stereocenters. The second-order valence-electron chi connectivity index (χ2n) is 5.52. The first-order valence-corrected chi connectivity index (χ1v) is 9.13. The van der Waals surface area contributed by atoms with Crippen LogP contribution in [-0.2, 0) is 13.0 Å². The van der Waals surface area contributed by atoms with Crippen molar-refractivity contribution >= 4 is 44.6 Å². The third kappa shape index (κ3) is 4.06. The molecule has 0 bridgehead atoms. The second kappa shape index (κ2) is 7.65. The van der Waals surface area contributed by atoms with E-state index in [1.807, 2.05) is 18.2 Å². The van der Waals surface area contributed by atoms with Crippen LogP contribution in [-0.4, -0.2) is 12.6 Å². The zero-order valence-electron chi connectivity index (χ0n) is 12.6. The molecule has 120 valence electrons. The number of rotatable bonds is 6. The van der Waals surface area contributed by atoms with E-state index in [0.29, 0.717) is 16.6 Å². The van der Waals surface area contributed by atoms with Gasteiger partial charge >= 0.3 is 0 Å². The van der Waals surface area contributed by atoms with Gasteiger partial charge in [-0.15, -0.1) is 11.3 Å². The molecule has 0 aliphatic carbocycles. The molecule has 0 fully saturated rings. The normalized spacial score (nSPS) is 12.7. The molecular formula is C18H18Cl2N2S. The summed E-state index contributed by atoms with van der Waals surface area (Å²) in [6.07, 6.45) is 0.918. The van der Waals surface area contributed by atoms with Gasteiger partial charge in [0.2, 0.25) is 0 Å². The Morgan fingerprint density at radius 1 is 1.09 bits per heavy atom. The van der Waals surface area contributed by atoms with Crippen LogP contribution in [0.1, 0.15) is 11.1 Å². The number of thiophene rings is 1. The van der Waals surface area contributed by atoms with Gasteiger partial charge in [0.05, 0.1) is 10.0 Å². The molecule has 0 aliphatic rings. The Hall–Kier alpha value is -1.10. The summed E-state index contributed by atoms with van der Waals surface area (Å²) in [5.41, 5.74) is 8.40. The third-order valence-electron chi connectivity index (χ3n) is 3.89. The molecule has 3 N–H and O–H groups in total. The SMILES string of the molecule is NCC(Cc1csc2ccccc12)NCc1ccc(Cl)c(Cl)c1. The van der Waals surface area contributed by atoms with Crippen molar-refractivity contribution in [1.82, 2.24) is 5.32 Å². The molecule has 1 aromatic heterocycles. The van der Waals surface area contributed by atoms with E-state index < -0.39 is 0 Å². The highest BCUT2D eigenvalue weighted by molar-refractivity contribution is 7.17. The Bertz CT molecular complexity index is 801. The Morgan fingerprint density at radius 3 is 2.70 bits per heavy atom. The van der Waals surface area contributed by atoms with E-state index in [-0.39, 0.29) is 6.04 Å². The molecule has 2 aromatic carbocycles. The Labute approximate surface area is 150 Å². The highest BCUT2D eigenvalue weighted by Gasteiger charge is 2.11. The zero-order chi connectivity index (χ0) is 16.2. The van der Waals surface area contributed by atoms with Gasteiger partial charge in [0.25, 0.3) is 0 Å². The summed E-state index contributed by atoms with van der Waals surface area (Å²) < 4.78 is 1.32. The van der Waals surface area contributed by atoms with Crippen LogP contribution in [0.5, 0.6) is 0 Å². The van der Waals surface area contributed by atoms with Crippen molar-refractivity contribution in [3.05, 3.63) is 69.0 Å². The number of fused-ring (bicyclic) bond motifs is 1. The molecule has 0 spiro atoms. The highest BCUT2D eigenvalue weighted by atomic mass is 35.5. The summed E-state index contributed by atoms with van der Waals surface area (Å²) in [7, 11) is 0. The minimum Gasteiger partial charge on any atom is -0.329 e. The van der Waals surface area contributed by atoms with Crippen molar-refractivity contribution in [3.8, 4) is 0 Å². The van der Waals surface area contributed by atoms with E-state index in [2.05, 4.69) is 35.0 Å². The van der Waals surface area contributed by atoms with E-state index in [1.54, 1.807) is 11.3 Å². The van der Waals surface area contributed by atoms with Crippen LogP contribution in [0, 0.1) is 0 Å². The predicted molar refractivity (Wildman–Crippen MR) is 102 cm³/mol. The van der Waals surface area contributed by atoms with E-state index in [1.165, 1.54) is 15.6 Å². The van der Waals surface area contributed by atoms with Crippen LogP contribution in [0.15, 0.2) is 47.8 Å². The number of nitrogens with one attached hydrogen (secondary N) is 1. The maximum atomic E-state index is 6.06. The fraction of sp³-hybridized carbons (Fsp3) is 0.222. The Morgan fingerprint density at radius 2 is 1.91 bits per heavy atom. The lowest BCUT2D eigenvalue weighted by atomic mass is 10.0. The van der Waals surface area contributed by atoms with Gasteiger partial charge in [-0.05, 0) is 46.5 Å². The van der Waals surface area contributed by atoms with Gasteiger partial charge in [-0.25, -0.2) is 0 Å². The number of halogens is 2. The number of hydrogen-bond acceptors (Lipinski definition) is 3. The van der Waals surface area contributed by atoms with Gasteiger partial charge < -0.3 is 11.1 Å². The van der Waals surface area contributed by atoms with Crippen molar-refractivity contribution in [1.29, 1.82) is 0 Å². The average molecular weight is 365 g/mol. The minimum atomic E-state index is 0.224. The minimum absolute atomic E-state index is 0.224.